The normalized spacial score (nSPS) is 12.2. The number of halogens is 2. The van der Waals surface area contributed by atoms with Gasteiger partial charge >= 0.3 is 0 Å². The van der Waals surface area contributed by atoms with E-state index in [-0.39, 0.29) is 29.0 Å². The van der Waals surface area contributed by atoms with E-state index in [1.807, 2.05) is 6.92 Å². The molecule has 3 nitrogen and oxygen atoms in total. The molecule has 1 unspecified atom stereocenters. The second-order valence-corrected chi connectivity index (χ2v) is 4.21. The molecule has 1 aromatic carbocycles. The number of benzene rings is 1. The summed E-state index contributed by atoms with van der Waals surface area (Å²) in [6.45, 7) is 2.22. The Morgan fingerprint density at radius 3 is 2.88 bits per heavy atom. The molecular formula is C12H15ClFNO2. The van der Waals surface area contributed by atoms with Gasteiger partial charge in [0, 0.05) is 23.7 Å². The highest BCUT2D eigenvalue weighted by molar-refractivity contribution is 6.31. The van der Waals surface area contributed by atoms with Gasteiger partial charge in [0.15, 0.2) is 0 Å². The molecule has 0 aliphatic heterocycles. The number of carbonyl (C=O) groups excluding carboxylic acids is 1. The molecule has 5 heteroatoms. The Balaban J connectivity index is 2.62. The Morgan fingerprint density at radius 2 is 2.29 bits per heavy atom. The van der Waals surface area contributed by atoms with Crippen molar-refractivity contribution < 1.29 is 13.9 Å². The molecule has 1 amide bonds. The Kier molecular flexibility index (Phi) is 5.38. The molecule has 94 valence electrons. The summed E-state index contributed by atoms with van der Waals surface area (Å²) in [6, 6.07) is 4.24. The third-order valence-electron chi connectivity index (χ3n) is 2.22. The van der Waals surface area contributed by atoms with Crippen LogP contribution in [-0.4, -0.2) is 25.7 Å². The van der Waals surface area contributed by atoms with Crippen molar-refractivity contribution in [1.82, 2.24) is 5.32 Å². The first-order chi connectivity index (χ1) is 8.04. The number of nitrogens with one attached hydrogen (secondary N) is 1. The average molecular weight is 260 g/mol. The van der Waals surface area contributed by atoms with Gasteiger partial charge < -0.3 is 10.1 Å². The summed E-state index contributed by atoms with van der Waals surface area (Å²) in [6.07, 6.45) is -0.0699. The smallest absolute Gasteiger partial charge is 0.224 e. The van der Waals surface area contributed by atoms with Crippen molar-refractivity contribution in [3.05, 3.63) is 34.6 Å². The Labute approximate surface area is 105 Å². The first kappa shape index (κ1) is 13.9. The quantitative estimate of drug-likeness (QED) is 0.880. The lowest BCUT2D eigenvalue weighted by Gasteiger charge is -2.13. The summed E-state index contributed by atoms with van der Waals surface area (Å²) in [5, 5.41) is 2.96. The van der Waals surface area contributed by atoms with Crippen LogP contribution in [-0.2, 0) is 16.0 Å². The fraction of sp³-hybridized carbons (Fsp3) is 0.417. The van der Waals surface area contributed by atoms with Gasteiger partial charge in [0.25, 0.3) is 0 Å². The van der Waals surface area contributed by atoms with Crippen molar-refractivity contribution in [2.24, 2.45) is 0 Å². The van der Waals surface area contributed by atoms with Crippen LogP contribution >= 0.6 is 11.6 Å². The lowest BCUT2D eigenvalue weighted by molar-refractivity contribution is -0.121. The molecule has 0 radical (unpaired) electrons. The van der Waals surface area contributed by atoms with E-state index in [0.717, 1.165) is 0 Å². The van der Waals surface area contributed by atoms with Gasteiger partial charge in [-0.2, -0.15) is 0 Å². The number of hydrogen-bond acceptors (Lipinski definition) is 2. The van der Waals surface area contributed by atoms with Crippen molar-refractivity contribution in [2.45, 2.75) is 19.4 Å². The van der Waals surface area contributed by atoms with E-state index in [1.165, 1.54) is 12.1 Å². The highest BCUT2D eigenvalue weighted by Gasteiger charge is 2.13. The maximum atomic E-state index is 13.4. The molecule has 0 saturated carbocycles. The second kappa shape index (κ2) is 6.57. The summed E-state index contributed by atoms with van der Waals surface area (Å²) in [7, 11) is 1.55. The minimum absolute atomic E-state index is 0.0699. The van der Waals surface area contributed by atoms with Crippen LogP contribution in [0.2, 0.25) is 5.02 Å². The summed E-state index contributed by atoms with van der Waals surface area (Å²) in [4.78, 5) is 11.6. The number of carbonyl (C=O) groups is 1. The highest BCUT2D eigenvalue weighted by atomic mass is 35.5. The van der Waals surface area contributed by atoms with Crippen molar-refractivity contribution in [1.29, 1.82) is 0 Å². The van der Waals surface area contributed by atoms with Gasteiger partial charge in [0.05, 0.1) is 13.0 Å². The lowest BCUT2D eigenvalue weighted by atomic mass is 10.1. The van der Waals surface area contributed by atoms with Gasteiger partial charge in [-0.15, -0.1) is 0 Å². The van der Waals surface area contributed by atoms with Crippen LogP contribution in [0.5, 0.6) is 0 Å². The summed E-state index contributed by atoms with van der Waals surface area (Å²) in [5.74, 6) is -0.742. The fourth-order valence-corrected chi connectivity index (χ4v) is 1.71. The number of rotatable bonds is 5. The van der Waals surface area contributed by atoms with Crippen LogP contribution in [0.25, 0.3) is 0 Å². The summed E-state index contributed by atoms with van der Waals surface area (Å²) < 4.78 is 18.3. The van der Waals surface area contributed by atoms with Gasteiger partial charge in [-0.1, -0.05) is 17.7 Å². The van der Waals surface area contributed by atoms with Crippen LogP contribution in [0.15, 0.2) is 18.2 Å². The number of ether oxygens (including phenoxy) is 1. The first-order valence-corrected chi connectivity index (χ1v) is 5.63. The summed E-state index contributed by atoms with van der Waals surface area (Å²) in [5.41, 5.74) is 0.219. The van der Waals surface area contributed by atoms with E-state index < -0.39 is 5.82 Å². The molecule has 0 saturated heterocycles. The van der Waals surface area contributed by atoms with Gasteiger partial charge in [-0.25, -0.2) is 4.39 Å². The van der Waals surface area contributed by atoms with Crippen LogP contribution in [0.1, 0.15) is 12.5 Å². The zero-order valence-corrected chi connectivity index (χ0v) is 10.6. The molecule has 17 heavy (non-hydrogen) atoms. The summed E-state index contributed by atoms with van der Waals surface area (Å²) >= 11 is 5.83. The Hall–Kier alpha value is -1.13. The molecule has 0 aliphatic rings. The van der Waals surface area contributed by atoms with Crippen molar-refractivity contribution in [3.63, 3.8) is 0 Å². The van der Waals surface area contributed by atoms with Crippen LogP contribution in [0, 0.1) is 5.82 Å². The molecule has 0 aliphatic carbocycles. The molecule has 0 bridgehead atoms. The van der Waals surface area contributed by atoms with E-state index in [2.05, 4.69) is 5.32 Å². The molecular weight excluding hydrogens is 245 g/mol. The van der Waals surface area contributed by atoms with Crippen molar-refractivity contribution in [3.8, 4) is 0 Å². The number of amides is 1. The molecule has 1 aromatic rings. The topological polar surface area (TPSA) is 38.3 Å². The van der Waals surface area contributed by atoms with Crippen LogP contribution < -0.4 is 5.32 Å². The Morgan fingerprint density at radius 1 is 1.59 bits per heavy atom. The van der Waals surface area contributed by atoms with Crippen LogP contribution in [0.4, 0.5) is 4.39 Å². The van der Waals surface area contributed by atoms with Gasteiger partial charge in [0.1, 0.15) is 5.82 Å². The maximum absolute atomic E-state index is 13.4. The third kappa shape index (κ3) is 4.32. The zero-order chi connectivity index (χ0) is 12.8. The zero-order valence-electron chi connectivity index (χ0n) is 9.80. The van der Waals surface area contributed by atoms with E-state index in [4.69, 9.17) is 16.3 Å². The van der Waals surface area contributed by atoms with Gasteiger partial charge in [0.2, 0.25) is 5.91 Å². The maximum Gasteiger partial charge on any atom is 0.224 e. The highest BCUT2D eigenvalue weighted by Crippen LogP contribution is 2.19. The second-order valence-electron chi connectivity index (χ2n) is 3.80. The van der Waals surface area contributed by atoms with Gasteiger partial charge in [-0.05, 0) is 19.1 Å². The van der Waals surface area contributed by atoms with Crippen molar-refractivity contribution in [2.75, 3.05) is 13.7 Å². The molecule has 0 fully saturated rings. The standard InChI is InChI=1S/C12H15ClFNO2/c1-8(7-17-2)15-12(16)6-9-10(13)4-3-5-11(9)14/h3-5,8H,6-7H2,1-2H3,(H,15,16). The fourth-order valence-electron chi connectivity index (χ4n) is 1.48. The predicted molar refractivity (Wildman–Crippen MR) is 64.6 cm³/mol. The molecule has 1 atom stereocenters. The lowest BCUT2D eigenvalue weighted by Crippen LogP contribution is -2.36. The molecule has 0 aromatic heterocycles. The Bertz CT molecular complexity index is 378. The average Bonchev–Trinajstić information content (AvgIpc) is 2.24. The van der Waals surface area contributed by atoms with E-state index in [9.17, 15) is 9.18 Å². The minimum atomic E-state index is -0.466. The monoisotopic (exact) mass is 259 g/mol. The number of hydrogen-bond donors (Lipinski definition) is 1. The van der Waals surface area contributed by atoms with Crippen LogP contribution in [0.3, 0.4) is 0 Å². The van der Waals surface area contributed by atoms with E-state index in [1.54, 1.807) is 13.2 Å². The third-order valence-corrected chi connectivity index (χ3v) is 2.58. The van der Waals surface area contributed by atoms with E-state index in [0.29, 0.717) is 6.61 Å². The molecule has 0 heterocycles. The predicted octanol–water partition coefficient (Wildman–Crippen LogP) is 2.17. The largest absolute Gasteiger partial charge is 0.383 e. The molecule has 1 rings (SSSR count). The molecule has 0 spiro atoms. The van der Waals surface area contributed by atoms with Crippen molar-refractivity contribution >= 4 is 17.5 Å². The van der Waals surface area contributed by atoms with E-state index >= 15 is 0 Å². The van der Waals surface area contributed by atoms with Gasteiger partial charge in [-0.3, -0.25) is 4.79 Å². The SMILES string of the molecule is COCC(C)NC(=O)Cc1c(F)cccc1Cl. The minimum Gasteiger partial charge on any atom is -0.383 e. The molecule has 1 N–H and O–H groups in total. The number of methoxy groups -OCH3 is 1. The first-order valence-electron chi connectivity index (χ1n) is 5.25.